The van der Waals surface area contributed by atoms with Crippen LogP contribution in [0.1, 0.15) is 90.6 Å². The largest absolute Gasteiger partial charge is 0.493 e. The second-order valence-corrected chi connectivity index (χ2v) is 15.0. The summed E-state index contributed by atoms with van der Waals surface area (Å²) in [6, 6.07) is 12.4. The second kappa shape index (κ2) is 16.4. The smallest absolute Gasteiger partial charge is 0.374 e. The normalized spacial score (nSPS) is 14.8. The van der Waals surface area contributed by atoms with Gasteiger partial charge in [0.05, 0.1) is 65.5 Å². The lowest BCUT2D eigenvalue weighted by atomic mass is 10.0. The molecular formula is C41H42N6O8S. The summed E-state index contributed by atoms with van der Waals surface area (Å²) in [5, 5.41) is 13.7. The van der Waals surface area contributed by atoms with Crippen LogP contribution in [0.5, 0.6) is 5.75 Å². The zero-order chi connectivity index (χ0) is 39.5. The zero-order valence-corrected chi connectivity index (χ0v) is 32.2. The zero-order valence-electron chi connectivity index (χ0n) is 31.4. The number of nitrogens with one attached hydrogen (secondary N) is 1. The van der Waals surface area contributed by atoms with E-state index in [1.807, 2.05) is 29.2 Å². The van der Waals surface area contributed by atoms with E-state index >= 15 is 0 Å². The number of Topliss-reactive ketones (excluding diaryl/α,β-unsaturated/α-hetero) is 2. The van der Waals surface area contributed by atoms with Crippen molar-refractivity contribution >= 4 is 68.4 Å². The van der Waals surface area contributed by atoms with Crippen LogP contribution < -0.4 is 10.1 Å². The number of aliphatic imine (C=N–C) groups is 1. The van der Waals surface area contributed by atoms with E-state index in [-0.39, 0.29) is 74.3 Å². The van der Waals surface area contributed by atoms with Crippen molar-refractivity contribution in [2.45, 2.75) is 58.1 Å². The van der Waals surface area contributed by atoms with E-state index in [0.717, 1.165) is 28.5 Å². The van der Waals surface area contributed by atoms with E-state index in [1.54, 1.807) is 67.0 Å². The number of amides is 2. The molecule has 0 saturated carbocycles. The van der Waals surface area contributed by atoms with Gasteiger partial charge in [-0.3, -0.25) is 24.2 Å². The van der Waals surface area contributed by atoms with Crippen LogP contribution in [0.2, 0.25) is 0 Å². The molecule has 0 bridgehead atoms. The highest BCUT2D eigenvalue weighted by Crippen LogP contribution is 2.35. The highest BCUT2D eigenvalue weighted by molar-refractivity contribution is 7.20. The molecule has 0 radical (unpaired) electrons. The molecule has 15 heteroatoms. The number of esters is 1. The molecule has 56 heavy (non-hydrogen) atoms. The predicted molar refractivity (Wildman–Crippen MR) is 210 cm³/mol. The fourth-order valence-electron chi connectivity index (χ4n) is 7.09. The number of carbonyl (C=O) groups is 5. The van der Waals surface area contributed by atoms with Crippen LogP contribution in [-0.4, -0.2) is 85.5 Å². The predicted octanol–water partition coefficient (Wildman–Crippen LogP) is 5.61. The Balaban J connectivity index is 0.912. The number of aliphatic hydroxyl groups excluding tert-OH is 1. The molecule has 2 amide bonds. The number of carbonyl (C=O) groups excluding carboxylic acids is 5. The van der Waals surface area contributed by atoms with E-state index in [0.29, 0.717) is 57.5 Å². The SMILES string of the molecule is CCOC(=O)c1nc(CC(=O)c2cc3cc(CC(=O)c4cc(NC(=O)CCCOc5cc6c(cc5CO)C(=O)N5CCC[C@H]5C=N6)cn4C)ccc3s2)cn1C. The van der Waals surface area contributed by atoms with Crippen molar-refractivity contribution in [3.8, 4) is 5.75 Å². The number of anilines is 1. The van der Waals surface area contributed by atoms with Gasteiger partial charge in [-0.15, -0.1) is 11.3 Å². The molecular weight excluding hydrogens is 737 g/mol. The summed E-state index contributed by atoms with van der Waals surface area (Å²) in [7, 11) is 3.42. The molecule has 5 heterocycles. The quantitative estimate of drug-likeness (QED) is 0.0778. The number of nitrogens with zero attached hydrogens (tertiary/aromatic N) is 5. The average Bonchev–Trinajstić information content (AvgIpc) is 3.97. The first-order chi connectivity index (χ1) is 27.0. The van der Waals surface area contributed by atoms with Gasteiger partial charge < -0.3 is 33.9 Å². The Bertz CT molecular complexity index is 2390. The van der Waals surface area contributed by atoms with E-state index in [4.69, 9.17) is 9.47 Å². The third kappa shape index (κ3) is 8.19. The Hall–Kier alpha value is -5.93. The molecule has 7 rings (SSSR count). The van der Waals surface area contributed by atoms with Crippen LogP contribution in [0.15, 0.2) is 59.9 Å². The van der Waals surface area contributed by atoms with Gasteiger partial charge in [-0.25, -0.2) is 9.78 Å². The first-order valence-electron chi connectivity index (χ1n) is 18.5. The molecule has 2 aromatic carbocycles. The number of benzene rings is 2. The lowest BCUT2D eigenvalue weighted by Gasteiger charge is -2.20. The van der Waals surface area contributed by atoms with Crippen molar-refractivity contribution in [2.24, 2.45) is 19.1 Å². The summed E-state index contributed by atoms with van der Waals surface area (Å²) in [6.07, 6.45) is 7.65. The van der Waals surface area contributed by atoms with Gasteiger partial charge in [-0.1, -0.05) is 6.07 Å². The maximum Gasteiger partial charge on any atom is 0.374 e. The maximum absolute atomic E-state index is 13.4. The highest BCUT2D eigenvalue weighted by atomic mass is 32.1. The van der Waals surface area contributed by atoms with Crippen LogP contribution in [0.3, 0.4) is 0 Å². The Labute approximate surface area is 326 Å². The molecule has 1 fully saturated rings. The van der Waals surface area contributed by atoms with E-state index in [2.05, 4.69) is 15.3 Å². The van der Waals surface area contributed by atoms with Gasteiger partial charge in [0.2, 0.25) is 11.7 Å². The third-order valence-electron chi connectivity index (χ3n) is 9.85. The van der Waals surface area contributed by atoms with Gasteiger partial charge >= 0.3 is 5.97 Å². The van der Waals surface area contributed by atoms with Crippen molar-refractivity contribution in [3.05, 3.63) is 93.6 Å². The van der Waals surface area contributed by atoms with Gasteiger partial charge in [0.15, 0.2) is 11.6 Å². The van der Waals surface area contributed by atoms with E-state index in [9.17, 15) is 29.1 Å². The number of hydrogen-bond donors (Lipinski definition) is 2. The Kier molecular flexibility index (Phi) is 11.3. The highest BCUT2D eigenvalue weighted by Gasteiger charge is 2.32. The number of hydrogen-bond acceptors (Lipinski definition) is 11. The molecule has 0 unspecified atom stereocenters. The molecule has 2 aliphatic rings. The summed E-state index contributed by atoms with van der Waals surface area (Å²) < 4.78 is 15.1. The first-order valence-corrected chi connectivity index (χ1v) is 19.3. The summed E-state index contributed by atoms with van der Waals surface area (Å²) >= 11 is 1.36. The van der Waals surface area contributed by atoms with Crippen molar-refractivity contribution in [3.63, 3.8) is 0 Å². The monoisotopic (exact) mass is 778 g/mol. The van der Waals surface area contributed by atoms with Crippen LogP contribution in [0, 0.1) is 0 Å². The summed E-state index contributed by atoms with van der Waals surface area (Å²) in [6.45, 7) is 2.53. The van der Waals surface area contributed by atoms with Crippen molar-refractivity contribution in [1.29, 1.82) is 0 Å². The number of ketones is 2. The average molecular weight is 779 g/mol. The number of aryl methyl sites for hydroxylation is 2. The lowest BCUT2D eigenvalue weighted by molar-refractivity contribution is -0.116. The summed E-state index contributed by atoms with van der Waals surface area (Å²) in [5.41, 5.74) is 3.62. The Morgan fingerprint density at radius 1 is 1.02 bits per heavy atom. The van der Waals surface area contributed by atoms with Crippen LogP contribution in [0.4, 0.5) is 11.4 Å². The number of fused-ring (bicyclic) bond motifs is 3. The molecule has 1 saturated heterocycles. The Morgan fingerprint density at radius 3 is 2.66 bits per heavy atom. The number of rotatable bonds is 15. The molecule has 14 nitrogen and oxygen atoms in total. The molecule has 0 spiro atoms. The van der Waals surface area contributed by atoms with Crippen LogP contribution in [-0.2, 0) is 43.1 Å². The number of aliphatic hydroxyl groups is 1. The molecule has 0 aliphatic carbocycles. The van der Waals surface area contributed by atoms with Crippen LogP contribution >= 0.6 is 11.3 Å². The molecule has 2 N–H and O–H groups in total. The molecule has 290 valence electrons. The van der Waals surface area contributed by atoms with Gasteiger partial charge in [-0.05, 0) is 67.5 Å². The standard InChI is InChI=1S/C41H42N6O8S/c1-4-54-41(53)39-44-28(22-46(39)3)18-34(50)37-16-25-13-24(9-10-36(25)56-37)14-33(49)32-17-27(21-45(32)2)43-38(51)8-6-12-55-35-19-31-30(15-26(35)23-48)40(52)47-11-5-7-29(47)20-42-31/h9-10,13,15-17,19-22,29,48H,4-8,11-12,14,18,23H2,1-3H3,(H,43,51)/t29-/m0/s1. The maximum atomic E-state index is 13.4. The summed E-state index contributed by atoms with van der Waals surface area (Å²) in [5.74, 6) is -0.578. The minimum atomic E-state index is -0.541. The van der Waals surface area contributed by atoms with E-state index < -0.39 is 5.97 Å². The third-order valence-corrected chi connectivity index (χ3v) is 11.0. The topological polar surface area (TPSA) is 174 Å². The summed E-state index contributed by atoms with van der Waals surface area (Å²) in [4.78, 5) is 75.8. The van der Waals surface area contributed by atoms with Crippen molar-refractivity contribution in [2.75, 3.05) is 25.1 Å². The van der Waals surface area contributed by atoms with Gasteiger partial charge in [0.25, 0.3) is 5.91 Å². The minimum Gasteiger partial charge on any atom is -0.493 e. The molecule has 1 atom stereocenters. The molecule has 5 aromatic rings. The fraction of sp³-hybridized carbons (Fsp3) is 0.341. The first kappa shape index (κ1) is 38.3. The Morgan fingerprint density at radius 2 is 1.86 bits per heavy atom. The number of aromatic nitrogens is 3. The van der Waals surface area contributed by atoms with Crippen molar-refractivity contribution in [1.82, 2.24) is 19.0 Å². The number of thiophene rings is 1. The number of imidazole rings is 1. The van der Waals surface area contributed by atoms with Crippen molar-refractivity contribution < 1.29 is 38.6 Å². The van der Waals surface area contributed by atoms with Gasteiger partial charge in [0.1, 0.15) is 5.75 Å². The van der Waals surface area contributed by atoms with Gasteiger partial charge in [-0.2, -0.15) is 0 Å². The number of ether oxygens (including phenoxy) is 2. The molecule has 2 aliphatic heterocycles. The lowest BCUT2D eigenvalue weighted by Crippen LogP contribution is -2.35. The second-order valence-electron chi connectivity index (χ2n) is 13.9. The molecule has 3 aromatic heterocycles. The van der Waals surface area contributed by atoms with E-state index in [1.165, 1.54) is 11.3 Å². The fourth-order valence-corrected chi connectivity index (χ4v) is 8.07. The van der Waals surface area contributed by atoms with Crippen LogP contribution in [0.25, 0.3) is 10.1 Å². The minimum absolute atomic E-state index is 0.0218. The van der Waals surface area contributed by atoms with Gasteiger partial charge in [0, 0.05) is 68.4 Å².